The summed E-state index contributed by atoms with van der Waals surface area (Å²) >= 11 is 7.94. The van der Waals surface area contributed by atoms with E-state index in [1.165, 1.54) is 0 Å². The number of ether oxygens (including phenoxy) is 1. The molecule has 138 valence electrons. The molecular formula is C17H24ClIN4OS. The van der Waals surface area contributed by atoms with Crippen molar-refractivity contribution in [3.05, 3.63) is 44.9 Å². The van der Waals surface area contributed by atoms with Crippen molar-refractivity contribution in [1.82, 2.24) is 15.6 Å². The van der Waals surface area contributed by atoms with E-state index in [0.717, 1.165) is 51.7 Å². The number of nitrogens with one attached hydrogen (secondary N) is 2. The lowest BCUT2D eigenvalue weighted by molar-refractivity contribution is 0.414. The van der Waals surface area contributed by atoms with Crippen molar-refractivity contribution in [3.63, 3.8) is 0 Å². The van der Waals surface area contributed by atoms with Gasteiger partial charge in [0, 0.05) is 29.2 Å². The Hall–Kier alpha value is -1.06. The van der Waals surface area contributed by atoms with Crippen LogP contribution in [-0.2, 0) is 13.0 Å². The summed E-state index contributed by atoms with van der Waals surface area (Å²) in [5, 5.41) is 8.37. The fourth-order valence-corrected chi connectivity index (χ4v) is 3.13. The largest absolute Gasteiger partial charge is 0.497 e. The molecule has 2 N–H and O–H groups in total. The number of guanidine groups is 1. The molecule has 8 heteroatoms. The van der Waals surface area contributed by atoms with Crippen molar-refractivity contribution in [2.24, 2.45) is 4.99 Å². The Morgan fingerprint density at radius 3 is 2.76 bits per heavy atom. The summed E-state index contributed by atoms with van der Waals surface area (Å²) in [4.78, 5) is 10.00. The molecule has 0 atom stereocenters. The second kappa shape index (κ2) is 11.5. The van der Waals surface area contributed by atoms with Crippen molar-refractivity contribution in [1.29, 1.82) is 0 Å². The van der Waals surface area contributed by atoms with Gasteiger partial charge < -0.3 is 15.4 Å². The number of methoxy groups -OCH3 is 1. The Morgan fingerprint density at radius 1 is 1.36 bits per heavy atom. The van der Waals surface area contributed by atoms with Gasteiger partial charge in [-0.25, -0.2) is 9.98 Å². The average Bonchev–Trinajstić information content (AvgIpc) is 2.99. The molecule has 0 unspecified atom stereocenters. The Labute approximate surface area is 175 Å². The average molecular weight is 495 g/mol. The van der Waals surface area contributed by atoms with E-state index in [0.29, 0.717) is 6.54 Å². The molecule has 0 aliphatic rings. The van der Waals surface area contributed by atoms with Gasteiger partial charge in [-0.15, -0.1) is 35.3 Å². The molecule has 0 bridgehead atoms. The van der Waals surface area contributed by atoms with Crippen molar-refractivity contribution in [2.45, 2.75) is 26.8 Å². The van der Waals surface area contributed by atoms with Gasteiger partial charge in [0.25, 0.3) is 0 Å². The molecule has 0 radical (unpaired) electrons. The second-order valence-electron chi connectivity index (χ2n) is 5.17. The highest BCUT2D eigenvalue weighted by molar-refractivity contribution is 14.0. The van der Waals surface area contributed by atoms with Crippen LogP contribution in [0.25, 0.3) is 0 Å². The van der Waals surface area contributed by atoms with E-state index in [2.05, 4.69) is 20.6 Å². The standard InChI is InChI=1S/C17H23ClN4OS.HI/c1-4-19-17(22-11-15-10-21-12(2)24-15)20-8-7-13-5-6-14(23-3)9-16(13)18;/h5-6,9-10H,4,7-8,11H2,1-3H3,(H2,19,20,22);1H. The number of rotatable bonds is 7. The lowest BCUT2D eigenvalue weighted by Gasteiger charge is -2.12. The van der Waals surface area contributed by atoms with Crippen LogP contribution in [0.2, 0.25) is 5.02 Å². The minimum absolute atomic E-state index is 0. The van der Waals surface area contributed by atoms with Gasteiger partial charge in [-0.2, -0.15) is 0 Å². The van der Waals surface area contributed by atoms with Gasteiger partial charge >= 0.3 is 0 Å². The maximum absolute atomic E-state index is 6.27. The lowest BCUT2D eigenvalue weighted by Crippen LogP contribution is -2.38. The molecule has 0 saturated carbocycles. The van der Waals surface area contributed by atoms with Crippen LogP contribution in [0, 0.1) is 6.92 Å². The number of aromatic nitrogens is 1. The molecule has 0 amide bonds. The Bertz CT molecular complexity index is 693. The van der Waals surface area contributed by atoms with E-state index < -0.39 is 0 Å². The summed E-state index contributed by atoms with van der Waals surface area (Å²) in [5.74, 6) is 1.57. The monoisotopic (exact) mass is 494 g/mol. The molecule has 25 heavy (non-hydrogen) atoms. The Morgan fingerprint density at radius 2 is 2.16 bits per heavy atom. The zero-order chi connectivity index (χ0) is 17.4. The third-order valence-corrected chi connectivity index (χ3v) is 4.60. The summed E-state index contributed by atoms with van der Waals surface area (Å²) in [6.45, 7) is 6.24. The molecule has 2 rings (SSSR count). The number of nitrogens with zero attached hydrogens (tertiary/aromatic N) is 2. The number of aryl methyl sites for hydroxylation is 1. The third-order valence-electron chi connectivity index (χ3n) is 3.35. The van der Waals surface area contributed by atoms with E-state index in [1.54, 1.807) is 18.4 Å². The van der Waals surface area contributed by atoms with Crippen LogP contribution in [0.3, 0.4) is 0 Å². The maximum Gasteiger partial charge on any atom is 0.191 e. The number of halogens is 2. The van der Waals surface area contributed by atoms with Crippen molar-refractivity contribution in [3.8, 4) is 5.75 Å². The fourth-order valence-electron chi connectivity index (χ4n) is 2.15. The van der Waals surface area contributed by atoms with Gasteiger partial charge in [0.05, 0.1) is 18.7 Å². The Balaban J connectivity index is 0.00000312. The highest BCUT2D eigenvalue weighted by Gasteiger charge is 2.04. The number of hydrogen-bond acceptors (Lipinski definition) is 4. The highest BCUT2D eigenvalue weighted by atomic mass is 127. The minimum atomic E-state index is 0. The smallest absolute Gasteiger partial charge is 0.191 e. The van der Waals surface area contributed by atoms with E-state index >= 15 is 0 Å². The molecule has 1 heterocycles. The summed E-state index contributed by atoms with van der Waals surface area (Å²) in [6, 6.07) is 5.75. The Kier molecular flexibility index (Phi) is 10.1. The highest BCUT2D eigenvalue weighted by Crippen LogP contribution is 2.22. The molecule has 1 aromatic heterocycles. The molecule has 2 aromatic rings. The second-order valence-corrected chi connectivity index (χ2v) is 6.90. The number of benzene rings is 1. The normalized spacial score (nSPS) is 11.0. The first kappa shape index (κ1) is 22.0. The topological polar surface area (TPSA) is 58.5 Å². The lowest BCUT2D eigenvalue weighted by atomic mass is 10.1. The quantitative estimate of drug-likeness (QED) is 0.347. The molecule has 0 saturated heterocycles. The first-order chi connectivity index (χ1) is 11.6. The molecule has 0 aliphatic carbocycles. The van der Waals surface area contributed by atoms with Gasteiger partial charge in [0.2, 0.25) is 0 Å². The predicted octanol–water partition coefficient (Wildman–Crippen LogP) is 4.03. The van der Waals surface area contributed by atoms with Gasteiger partial charge in [-0.1, -0.05) is 17.7 Å². The number of thiazole rings is 1. The van der Waals surface area contributed by atoms with Crippen LogP contribution in [0.5, 0.6) is 5.75 Å². The molecular weight excluding hydrogens is 471 g/mol. The minimum Gasteiger partial charge on any atom is -0.497 e. The summed E-state index contributed by atoms with van der Waals surface area (Å²) in [5.41, 5.74) is 1.08. The van der Waals surface area contributed by atoms with Crippen LogP contribution in [-0.4, -0.2) is 31.1 Å². The van der Waals surface area contributed by atoms with Crippen LogP contribution >= 0.6 is 46.9 Å². The van der Waals surface area contributed by atoms with Gasteiger partial charge in [-0.05, 0) is 38.0 Å². The number of hydrogen-bond donors (Lipinski definition) is 2. The van der Waals surface area contributed by atoms with Crippen LogP contribution in [0.4, 0.5) is 0 Å². The summed E-state index contributed by atoms with van der Waals surface area (Å²) in [6.07, 6.45) is 2.69. The van der Waals surface area contributed by atoms with Crippen molar-refractivity contribution >= 4 is 52.9 Å². The molecule has 0 aliphatic heterocycles. The molecule has 5 nitrogen and oxygen atoms in total. The van der Waals surface area contributed by atoms with Crippen molar-refractivity contribution in [2.75, 3.05) is 20.2 Å². The molecule has 0 fully saturated rings. The van der Waals surface area contributed by atoms with Gasteiger partial charge in [0.15, 0.2) is 5.96 Å². The first-order valence-corrected chi connectivity index (χ1v) is 9.07. The maximum atomic E-state index is 6.27. The first-order valence-electron chi connectivity index (χ1n) is 7.88. The third kappa shape index (κ3) is 7.37. The fraction of sp³-hybridized carbons (Fsp3) is 0.412. The van der Waals surface area contributed by atoms with Gasteiger partial charge in [0.1, 0.15) is 5.75 Å². The van der Waals surface area contributed by atoms with Crippen LogP contribution in [0.15, 0.2) is 29.4 Å². The zero-order valence-corrected chi connectivity index (χ0v) is 18.5. The summed E-state index contributed by atoms with van der Waals surface area (Å²) < 4.78 is 5.17. The van der Waals surface area contributed by atoms with Crippen molar-refractivity contribution < 1.29 is 4.74 Å². The summed E-state index contributed by atoms with van der Waals surface area (Å²) in [7, 11) is 1.64. The van der Waals surface area contributed by atoms with E-state index in [9.17, 15) is 0 Å². The van der Waals surface area contributed by atoms with E-state index in [-0.39, 0.29) is 24.0 Å². The predicted molar refractivity (Wildman–Crippen MR) is 117 cm³/mol. The number of aliphatic imine (C=N–C) groups is 1. The van der Waals surface area contributed by atoms with E-state index in [4.69, 9.17) is 16.3 Å². The molecule has 1 aromatic carbocycles. The van der Waals surface area contributed by atoms with Crippen LogP contribution < -0.4 is 15.4 Å². The van der Waals surface area contributed by atoms with Crippen LogP contribution in [0.1, 0.15) is 22.4 Å². The molecule has 0 spiro atoms. The van der Waals surface area contributed by atoms with Gasteiger partial charge in [-0.3, -0.25) is 0 Å². The zero-order valence-electron chi connectivity index (χ0n) is 14.6. The van der Waals surface area contributed by atoms with E-state index in [1.807, 2.05) is 38.2 Å². The SMILES string of the molecule is CCNC(=NCc1cnc(C)s1)NCCc1ccc(OC)cc1Cl.I.